The van der Waals surface area contributed by atoms with Gasteiger partial charge in [-0.2, -0.15) is 0 Å². The first kappa shape index (κ1) is 13.1. The van der Waals surface area contributed by atoms with Crippen LogP contribution in [0, 0.1) is 0 Å². The van der Waals surface area contributed by atoms with E-state index in [1.807, 2.05) is 35.0 Å². The molecule has 1 aromatic heterocycles. The molecule has 4 nitrogen and oxygen atoms in total. The van der Waals surface area contributed by atoms with Crippen molar-refractivity contribution in [3.8, 4) is 0 Å². The molecule has 1 aliphatic carbocycles. The Morgan fingerprint density at radius 3 is 2.70 bits per heavy atom. The van der Waals surface area contributed by atoms with Gasteiger partial charge in [-0.3, -0.25) is 4.79 Å². The predicted octanol–water partition coefficient (Wildman–Crippen LogP) is 2.99. The van der Waals surface area contributed by atoms with Gasteiger partial charge in [0.25, 0.3) is 5.91 Å². The molecule has 0 saturated heterocycles. The summed E-state index contributed by atoms with van der Waals surface area (Å²) in [7, 11) is 0. The number of halogens is 1. The number of carbonyl (C=O) groups is 1. The normalized spacial score (nSPS) is 14.2. The summed E-state index contributed by atoms with van der Waals surface area (Å²) in [4.78, 5) is 12.2. The molecular weight excluding hydrogens is 274 g/mol. The van der Waals surface area contributed by atoms with Crippen LogP contribution in [0.5, 0.6) is 0 Å². The Labute approximate surface area is 122 Å². The number of carbonyl (C=O) groups excluding carboxylic acids is 1. The van der Waals surface area contributed by atoms with Crippen LogP contribution in [0.15, 0.2) is 36.5 Å². The van der Waals surface area contributed by atoms with E-state index in [2.05, 4.69) is 5.32 Å². The van der Waals surface area contributed by atoms with Crippen LogP contribution in [-0.2, 0) is 6.54 Å². The molecule has 3 rings (SSSR count). The molecule has 0 atom stereocenters. The van der Waals surface area contributed by atoms with Crippen LogP contribution in [0.1, 0.15) is 34.9 Å². The minimum atomic E-state index is -0.0966. The Morgan fingerprint density at radius 1 is 1.35 bits per heavy atom. The van der Waals surface area contributed by atoms with Crippen molar-refractivity contribution in [1.29, 1.82) is 0 Å². The summed E-state index contributed by atoms with van der Waals surface area (Å²) in [6.45, 7) is 0.479. The van der Waals surface area contributed by atoms with Gasteiger partial charge in [0, 0.05) is 24.5 Å². The zero-order valence-corrected chi connectivity index (χ0v) is 11.7. The van der Waals surface area contributed by atoms with Crippen molar-refractivity contribution >= 4 is 23.2 Å². The highest BCUT2D eigenvalue weighted by Gasteiger charge is 2.27. The predicted molar refractivity (Wildman–Crippen MR) is 79.7 cm³/mol. The highest BCUT2D eigenvalue weighted by molar-refractivity contribution is 6.31. The minimum Gasteiger partial charge on any atom is -0.399 e. The summed E-state index contributed by atoms with van der Waals surface area (Å²) in [6.07, 6.45) is 4.06. The molecule has 1 aliphatic rings. The lowest BCUT2D eigenvalue weighted by molar-refractivity contribution is 0.0941. The van der Waals surface area contributed by atoms with Gasteiger partial charge in [-0.05, 0) is 36.6 Å². The van der Waals surface area contributed by atoms with E-state index in [0.717, 1.165) is 24.1 Å². The number of nitrogen functional groups attached to an aromatic ring is 1. The first-order chi connectivity index (χ1) is 9.63. The monoisotopic (exact) mass is 289 g/mol. The third kappa shape index (κ3) is 2.80. The molecule has 104 valence electrons. The van der Waals surface area contributed by atoms with Crippen LogP contribution in [0.4, 0.5) is 5.69 Å². The van der Waals surface area contributed by atoms with E-state index in [1.54, 1.807) is 6.07 Å². The highest BCUT2D eigenvalue weighted by atomic mass is 35.5. The fourth-order valence-electron chi connectivity index (χ4n) is 2.19. The fourth-order valence-corrected chi connectivity index (χ4v) is 2.40. The van der Waals surface area contributed by atoms with Gasteiger partial charge in [0.15, 0.2) is 0 Å². The van der Waals surface area contributed by atoms with Gasteiger partial charge >= 0.3 is 0 Å². The summed E-state index contributed by atoms with van der Waals surface area (Å²) in [5, 5.41) is 3.52. The van der Waals surface area contributed by atoms with Crippen molar-refractivity contribution in [2.45, 2.75) is 25.4 Å². The maximum atomic E-state index is 12.2. The minimum absolute atomic E-state index is 0.0966. The van der Waals surface area contributed by atoms with E-state index < -0.39 is 0 Å². The van der Waals surface area contributed by atoms with Gasteiger partial charge in [0.1, 0.15) is 5.69 Å². The molecule has 3 N–H and O–H groups in total. The average Bonchev–Trinajstić information content (AvgIpc) is 3.20. The van der Waals surface area contributed by atoms with Gasteiger partial charge in [0.2, 0.25) is 0 Å². The molecule has 2 aromatic rings. The Balaban J connectivity index is 1.68. The summed E-state index contributed by atoms with van der Waals surface area (Å²) >= 11 is 6.00. The molecule has 1 aromatic carbocycles. The second-order valence-electron chi connectivity index (χ2n) is 5.11. The second kappa shape index (κ2) is 5.21. The van der Waals surface area contributed by atoms with Gasteiger partial charge in [-0.15, -0.1) is 0 Å². The number of hydrogen-bond acceptors (Lipinski definition) is 2. The summed E-state index contributed by atoms with van der Waals surface area (Å²) in [5.41, 5.74) is 8.00. The number of benzene rings is 1. The Morgan fingerprint density at radius 2 is 2.05 bits per heavy atom. The molecule has 0 aliphatic heterocycles. The topological polar surface area (TPSA) is 60.0 Å². The SMILES string of the molecule is Nc1ccc(CNC(=O)c2cc(Cl)cn2C2CC2)cc1. The van der Waals surface area contributed by atoms with E-state index >= 15 is 0 Å². The number of anilines is 1. The molecule has 20 heavy (non-hydrogen) atoms. The molecule has 1 heterocycles. The lowest BCUT2D eigenvalue weighted by atomic mass is 10.2. The number of aromatic nitrogens is 1. The molecule has 0 unspecified atom stereocenters. The van der Waals surface area contributed by atoms with Crippen LogP contribution >= 0.6 is 11.6 Å². The first-order valence-electron chi connectivity index (χ1n) is 6.63. The van der Waals surface area contributed by atoms with E-state index in [4.69, 9.17) is 17.3 Å². The van der Waals surface area contributed by atoms with Crippen LogP contribution in [0.2, 0.25) is 5.02 Å². The van der Waals surface area contributed by atoms with Crippen molar-refractivity contribution < 1.29 is 4.79 Å². The molecule has 1 saturated carbocycles. The molecule has 1 fully saturated rings. The Hall–Kier alpha value is -1.94. The maximum Gasteiger partial charge on any atom is 0.268 e. The lowest BCUT2D eigenvalue weighted by Crippen LogP contribution is -2.25. The smallest absolute Gasteiger partial charge is 0.268 e. The van der Waals surface area contributed by atoms with Gasteiger partial charge < -0.3 is 15.6 Å². The van der Waals surface area contributed by atoms with Crippen molar-refractivity contribution in [2.75, 3.05) is 5.73 Å². The van der Waals surface area contributed by atoms with Gasteiger partial charge in [0.05, 0.1) is 5.02 Å². The largest absolute Gasteiger partial charge is 0.399 e. The molecule has 0 bridgehead atoms. The first-order valence-corrected chi connectivity index (χ1v) is 7.01. The number of amides is 1. The van der Waals surface area contributed by atoms with E-state index in [9.17, 15) is 4.79 Å². The number of nitrogens with two attached hydrogens (primary N) is 1. The average molecular weight is 290 g/mol. The van der Waals surface area contributed by atoms with Crippen molar-refractivity contribution in [2.24, 2.45) is 0 Å². The number of nitrogens with zero attached hydrogens (tertiary/aromatic N) is 1. The van der Waals surface area contributed by atoms with Crippen LogP contribution in [0.25, 0.3) is 0 Å². The van der Waals surface area contributed by atoms with Crippen molar-refractivity contribution in [3.63, 3.8) is 0 Å². The van der Waals surface area contributed by atoms with Gasteiger partial charge in [-0.1, -0.05) is 23.7 Å². The molecular formula is C15H16ClN3O. The van der Waals surface area contributed by atoms with Crippen LogP contribution < -0.4 is 11.1 Å². The number of hydrogen-bond donors (Lipinski definition) is 2. The molecule has 5 heteroatoms. The number of nitrogens with one attached hydrogen (secondary N) is 1. The zero-order valence-electron chi connectivity index (χ0n) is 11.0. The van der Waals surface area contributed by atoms with E-state index in [-0.39, 0.29) is 5.91 Å². The highest BCUT2D eigenvalue weighted by Crippen LogP contribution is 2.37. The quantitative estimate of drug-likeness (QED) is 0.850. The third-order valence-corrected chi connectivity index (χ3v) is 3.63. The summed E-state index contributed by atoms with van der Waals surface area (Å²) < 4.78 is 1.97. The second-order valence-corrected chi connectivity index (χ2v) is 5.54. The van der Waals surface area contributed by atoms with E-state index in [0.29, 0.717) is 23.3 Å². The Kier molecular flexibility index (Phi) is 3.40. The fraction of sp³-hybridized carbons (Fsp3) is 0.267. The Bertz CT molecular complexity index is 629. The maximum absolute atomic E-state index is 12.2. The summed E-state index contributed by atoms with van der Waals surface area (Å²) in [6, 6.07) is 9.61. The standard InChI is InChI=1S/C15H16ClN3O/c16-11-7-14(19(9-11)13-5-6-13)15(20)18-8-10-1-3-12(17)4-2-10/h1-4,7,9,13H,5-6,8,17H2,(H,18,20). The number of rotatable bonds is 4. The molecule has 1 amide bonds. The van der Waals surface area contributed by atoms with Crippen LogP contribution in [-0.4, -0.2) is 10.5 Å². The van der Waals surface area contributed by atoms with Gasteiger partial charge in [-0.25, -0.2) is 0 Å². The lowest BCUT2D eigenvalue weighted by Gasteiger charge is -2.08. The molecule has 0 radical (unpaired) electrons. The molecule has 0 spiro atoms. The van der Waals surface area contributed by atoms with E-state index in [1.165, 1.54) is 0 Å². The summed E-state index contributed by atoms with van der Waals surface area (Å²) in [5.74, 6) is -0.0966. The zero-order chi connectivity index (χ0) is 14.1. The van der Waals surface area contributed by atoms with Crippen molar-refractivity contribution in [1.82, 2.24) is 9.88 Å². The van der Waals surface area contributed by atoms with Crippen LogP contribution in [0.3, 0.4) is 0 Å². The third-order valence-electron chi connectivity index (χ3n) is 3.42. The van der Waals surface area contributed by atoms with Crippen molar-refractivity contribution in [3.05, 3.63) is 52.8 Å².